The summed E-state index contributed by atoms with van der Waals surface area (Å²) in [6, 6.07) is 17.6. The number of aryl methyl sites for hydroxylation is 4. The molecule has 0 aliphatic rings. The predicted octanol–water partition coefficient (Wildman–Crippen LogP) is 5.13. The second-order valence-electron chi connectivity index (χ2n) is 7.87. The molecular formula is C25H28N2O4S. The first-order valence-electron chi connectivity index (χ1n) is 10.3. The van der Waals surface area contributed by atoms with Gasteiger partial charge in [-0.25, -0.2) is 8.42 Å². The number of hydrogen-bond donors (Lipinski definition) is 2. The summed E-state index contributed by atoms with van der Waals surface area (Å²) in [5.74, 6) is 0.528. The highest BCUT2D eigenvalue weighted by molar-refractivity contribution is 7.92. The van der Waals surface area contributed by atoms with Crippen molar-refractivity contribution >= 4 is 27.3 Å². The van der Waals surface area contributed by atoms with Gasteiger partial charge < -0.3 is 10.1 Å². The molecule has 7 heteroatoms. The monoisotopic (exact) mass is 452 g/mol. The molecule has 168 valence electrons. The van der Waals surface area contributed by atoms with E-state index in [-0.39, 0.29) is 23.8 Å². The molecule has 1 amide bonds. The standard InChI is InChI=1S/C25H28N2O4S/c1-17-14-18(2)16-22(15-17)31-13-12-24(28)26-21-8-10-23(11-9-21)32(29,30)27-25-19(3)6-5-7-20(25)4/h5-11,14-16,27H,12-13H2,1-4H3,(H,26,28). The van der Waals surface area contributed by atoms with Crippen molar-refractivity contribution in [2.75, 3.05) is 16.6 Å². The van der Waals surface area contributed by atoms with Crippen LogP contribution >= 0.6 is 0 Å². The number of anilines is 2. The summed E-state index contributed by atoms with van der Waals surface area (Å²) in [4.78, 5) is 12.3. The number of nitrogens with one attached hydrogen (secondary N) is 2. The largest absolute Gasteiger partial charge is 0.493 e. The maximum atomic E-state index is 12.7. The van der Waals surface area contributed by atoms with E-state index in [1.165, 1.54) is 12.1 Å². The first-order chi connectivity index (χ1) is 15.1. The lowest BCUT2D eigenvalue weighted by molar-refractivity contribution is -0.116. The van der Waals surface area contributed by atoms with Crippen LogP contribution in [0.1, 0.15) is 28.7 Å². The number of para-hydroxylation sites is 1. The molecule has 0 aromatic heterocycles. The average molecular weight is 453 g/mol. The van der Waals surface area contributed by atoms with E-state index in [0.717, 1.165) is 28.0 Å². The van der Waals surface area contributed by atoms with Gasteiger partial charge in [0.25, 0.3) is 10.0 Å². The fourth-order valence-electron chi connectivity index (χ4n) is 3.39. The van der Waals surface area contributed by atoms with Gasteiger partial charge in [-0.3, -0.25) is 9.52 Å². The highest BCUT2D eigenvalue weighted by Crippen LogP contribution is 2.24. The molecule has 0 saturated heterocycles. The maximum Gasteiger partial charge on any atom is 0.261 e. The first kappa shape index (κ1) is 23.3. The fraction of sp³-hybridized carbons (Fsp3) is 0.240. The van der Waals surface area contributed by atoms with Gasteiger partial charge in [-0.15, -0.1) is 0 Å². The van der Waals surface area contributed by atoms with Crippen molar-refractivity contribution in [3.63, 3.8) is 0 Å². The summed E-state index contributed by atoms with van der Waals surface area (Å²) in [6.45, 7) is 7.95. The smallest absolute Gasteiger partial charge is 0.261 e. The molecule has 2 N–H and O–H groups in total. The molecule has 0 radical (unpaired) electrons. The molecular weight excluding hydrogens is 424 g/mol. The van der Waals surface area contributed by atoms with Crippen molar-refractivity contribution in [2.45, 2.75) is 39.0 Å². The van der Waals surface area contributed by atoms with Gasteiger partial charge in [0.15, 0.2) is 0 Å². The van der Waals surface area contributed by atoms with Gasteiger partial charge in [-0.2, -0.15) is 0 Å². The number of rotatable bonds is 8. The van der Waals surface area contributed by atoms with Crippen LogP contribution in [0.5, 0.6) is 5.75 Å². The van der Waals surface area contributed by atoms with Crippen LogP contribution in [-0.2, 0) is 14.8 Å². The first-order valence-corrected chi connectivity index (χ1v) is 11.8. The minimum atomic E-state index is -3.74. The lowest BCUT2D eigenvalue weighted by Gasteiger charge is -2.13. The zero-order valence-corrected chi connectivity index (χ0v) is 19.5. The topological polar surface area (TPSA) is 84.5 Å². The summed E-state index contributed by atoms with van der Waals surface area (Å²) in [5, 5.41) is 2.76. The second-order valence-corrected chi connectivity index (χ2v) is 9.55. The Kier molecular flexibility index (Phi) is 7.20. The van der Waals surface area contributed by atoms with Crippen molar-refractivity contribution in [3.8, 4) is 5.75 Å². The van der Waals surface area contributed by atoms with Crippen LogP contribution < -0.4 is 14.8 Å². The Hall–Kier alpha value is -3.32. The fourth-order valence-corrected chi connectivity index (χ4v) is 4.59. The molecule has 3 aromatic rings. The summed E-state index contributed by atoms with van der Waals surface area (Å²) in [7, 11) is -3.74. The summed E-state index contributed by atoms with van der Waals surface area (Å²) in [6.07, 6.45) is 0.182. The number of amides is 1. The van der Waals surface area contributed by atoms with E-state index >= 15 is 0 Å². The molecule has 0 fully saturated rings. The molecule has 3 rings (SSSR count). The molecule has 0 atom stereocenters. The number of benzene rings is 3. The molecule has 0 aliphatic carbocycles. The van der Waals surface area contributed by atoms with E-state index < -0.39 is 10.0 Å². The Morgan fingerprint density at radius 3 is 2.06 bits per heavy atom. The normalized spacial score (nSPS) is 11.1. The van der Waals surface area contributed by atoms with Crippen LogP contribution in [-0.4, -0.2) is 20.9 Å². The van der Waals surface area contributed by atoms with Gasteiger partial charge in [0, 0.05) is 5.69 Å². The lowest BCUT2D eigenvalue weighted by Crippen LogP contribution is -2.16. The third kappa shape index (κ3) is 6.11. The average Bonchev–Trinajstić information content (AvgIpc) is 2.70. The molecule has 6 nitrogen and oxygen atoms in total. The Morgan fingerprint density at radius 2 is 1.47 bits per heavy atom. The molecule has 32 heavy (non-hydrogen) atoms. The molecule has 0 unspecified atom stereocenters. The Balaban J connectivity index is 1.57. The second kappa shape index (κ2) is 9.87. The number of hydrogen-bond acceptors (Lipinski definition) is 4. The molecule has 0 aliphatic heterocycles. The highest BCUT2D eigenvalue weighted by Gasteiger charge is 2.16. The Labute approximate surface area is 189 Å². The molecule has 0 heterocycles. The van der Waals surface area contributed by atoms with Gasteiger partial charge in [-0.05, 0) is 86.3 Å². The van der Waals surface area contributed by atoms with Crippen LogP contribution in [0.2, 0.25) is 0 Å². The minimum Gasteiger partial charge on any atom is -0.493 e. The summed E-state index contributed by atoms with van der Waals surface area (Å²) < 4.78 is 33.8. The van der Waals surface area contributed by atoms with Gasteiger partial charge in [0.2, 0.25) is 5.91 Å². The molecule has 0 saturated carbocycles. The van der Waals surface area contributed by atoms with Gasteiger partial charge >= 0.3 is 0 Å². The lowest BCUT2D eigenvalue weighted by atomic mass is 10.1. The summed E-state index contributed by atoms with van der Waals surface area (Å²) >= 11 is 0. The van der Waals surface area contributed by atoms with E-state index in [9.17, 15) is 13.2 Å². The van der Waals surface area contributed by atoms with Crippen LogP contribution in [0.3, 0.4) is 0 Å². The highest BCUT2D eigenvalue weighted by atomic mass is 32.2. The van der Waals surface area contributed by atoms with Crippen molar-refractivity contribution < 1.29 is 17.9 Å². The zero-order valence-electron chi connectivity index (χ0n) is 18.7. The maximum absolute atomic E-state index is 12.7. The quantitative estimate of drug-likeness (QED) is 0.496. The van der Waals surface area contributed by atoms with Crippen LogP contribution in [0.25, 0.3) is 0 Å². The van der Waals surface area contributed by atoms with E-state index in [4.69, 9.17) is 4.74 Å². The third-order valence-corrected chi connectivity index (χ3v) is 6.32. The van der Waals surface area contributed by atoms with E-state index in [0.29, 0.717) is 11.4 Å². The van der Waals surface area contributed by atoms with E-state index in [1.807, 2.05) is 58.0 Å². The Bertz CT molecular complexity index is 1180. The minimum absolute atomic E-state index is 0.122. The van der Waals surface area contributed by atoms with Crippen LogP contribution in [0.15, 0.2) is 65.6 Å². The van der Waals surface area contributed by atoms with Crippen molar-refractivity contribution in [2.24, 2.45) is 0 Å². The van der Waals surface area contributed by atoms with Crippen LogP contribution in [0.4, 0.5) is 11.4 Å². The summed E-state index contributed by atoms with van der Waals surface area (Å²) in [5.41, 5.74) is 5.00. The number of carbonyl (C=O) groups excluding carboxylic acids is 1. The molecule has 0 spiro atoms. The SMILES string of the molecule is Cc1cc(C)cc(OCCC(=O)Nc2ccc(S(=O)(=O)Nc3c(C)cccc3C)cc2)c1. The van der Waals surface area contributed by atoms with Gasteiger partial charge in [-0.1, -0.05) is 24.3 Å². The molecule has 3 aromatic carbocycles. The van der Waals surface area contributed by atoms with E-state index in [2.05, 4.69) is 16.1 Å². The van der Waals surface area contributed by atoms with E-state index in [1.54, 1.807) is 12.1 Å². The van der Waals surface area contributed by atoms with Crippen molar-refractivity contribution in [1.29, 1.82) is 0 Å². The number of sulfonamides is 1. The number of ether oxygens (including phenoxy) is 1. The molecule has 0 bridgehead atoms. The predicted molar refractivity (Wildman–Crippen MR) is 128 cm³/mol. The third-order valence-electron chi connectivity index (χ3n) is 4.96. The Morgan fingerprint density at radius 1 is 0.875 bits per heavy atom. The van der Waals surface area contributed by atoms with Gasteiger partial charge in [0.05, 0.1) is 23.6 Å². The zero-order chi connectivity index (χ0) is 23.3. The van der Waals surface area contributed by atoms with Crippen molar-refractivity contribution in [3.05, 3.63) is 82.9 Å². The van der Waals surface area contributed by atoms with Crippen molar-refractivity contribution in [1.82, 2.24) is 0 Å². The van der Waals surface area contributed by atoms with Gasteiger partial charge in [0.1, 0.15) is 5.75 Å². The van der Waals surface area contributed by atoms with Crippen LogP contribution in [0, 0.1) is 27.7 Å². The number of carbonyl (C=O) groups is 1.